The molecule has 0 aliphatic carbocycles. The van der Waals surface area contributed by atoms with Crippen molar-refractivity contribution < 1.29 is 17.9 Å². The molecule has 1 aliphatic heterocycles. The van der Waals surface area contributed by atoms with Gasteiger partial charge in [-0.3, -0.25) is 4.90 Å². The van der Waals surface area contributed by atoms with E-state index in [1.165, 1.54) is 19.2 Å². The molecule has 0 bridgehead atoms. The molecule has 1 N–H and O–H groups in total. The van der Waals surface area contributed by atoms with E-state index in [0.717, 1.165) is 13.1 Å². The van der Waals surface area contributed by atoms with Crippen LogP contribution in [-0.2, 0) is 0 Å². The highest BCUT2D eigenvalue weighted by atomic mass is 19.3. The monoisotopic (exact) mass is 288 g/mol. The van der Waals surface area contributed by atoms with Crippen LogP contribution in [0.25, 0.3) is 0 Å². The van der Waals surface area contributed by atoms with Crippen LogP contribution in [0.4, 0.5) is 13.2 Å². The zero-order valence-corrected chi connectivity index (χ0v) is 11.4. The average Bonchev–Trinajstić information content (AvgIpc) is 2.45. The molecule has 1 saturated heterocycles. The van der Waals surface area contributed by atoms with Gasteiger partial charge in [0.15, 0.2) is 11.6 Å². The maximum atomic E-state index is 13.8. The van der Waals surface area contributed by atoms with Crippen molar-refractivity contribution in [3.05, 3.63) is 29.6 Å². The molecule has 2 rings (SSSR count). The fourth-order valence-electron chi connectivity index (χ4n) is 2.55. The van der Waals surface area contributed by atoms with E-state index in [1.54, 1.807) is 6.07 Å². The standard InChI is InChI=1S/C14H19F3N2O/c1-20-13-3-2-10(8-11(13)15)12(9-14(16)17)19-6-4-18-5-7-19/h2-3,8,12,14,18H,4-7,9H2,1H3/t12-/m1/s1. The van der Waals surface area contributed by atoms with Crippen LogP contribution in [0.1, 0.15) is 18.0 Å². The van der Waals surface area contributed by atoms with Crippen molar-refractivity contribution in [2.24, 2.45) is 0 Å². The van der Waals surface area contributed by atoms with Crippen LogP contribution in [0.2, 0.25) is 0 Å². The molecular formula is C14H19F3N2O. The van der Waals surface area contributed by atoms with Crippen LogP contribution in [-0.4, -0.2) is 44.6 Å². The number of nitrogens with one attached hydrogen (secondary N) is 1. The minimum atomic E-state index is -2.42. The summed E-state index contributed by atoms with van der Waals surface area (Å²) in [7, 11) is 1.38. The van der Waals surface area contributed by atoms with Crippen molar-refractivity contribution in [1.82, 2.24) is 10.2 Å². The molecule has 112 valence electrons. The maximum absolute atomic E-state index is 13.8. The van der Waals surface area contributed by atoms with Crippen molar-refractivity contribution in [3.8, 4) is 5.75 Å². The first-order chi connectivity index (χ1) is 9.61. The third-order valence-electron chi connectivity index (χ3n) is 3.55. The Morgan fingerprint density at radius 2 is 2.00 bits per heavy atom. The first-order valence-electron chi connectivity index (χ1n) is 6.68. The number of methoxy groups -OCH3 is 1. The topological polar surface area (TPSA) is 24.5 Å². The zero-order chi connectivity index (χ0) is 14.5. The lowest BCUT2D eigenvalue weighted by molar-refractivity contribution is 0.0737. The van der Waals surface area contributed by atoms with Crippen LogP contribution >= 0.6 is 0 Å². The highest BCUT2D eigenvalue weighted by molar-refractivity contribution is 5.31. The molecule has 0 aromatic heterocycles. The molecule has 3 nitrogen and oxygen atoms in total. The highest BCUT2D eigenvalue weighted by Crippen LogP contribution is 2.30. The Labute approximate surface area is 116 Å². The van der Waals surface area contributed by atoms with Gasteiger partial charge in [-0.1, -0.05) is 6.07 Å². The first kappa shape index (κ1) is 15.1. The van der Waals surface area contributed by atoms with Gasteiger partial charge in [-0.05, 0) is 17.7 Å². The van der Waals surface area contributed by atoms with Crippen molar-refractivity contribution >= 4 is 0 Å². The van der Waals surface area contributed by atoms with Crippen LogP contribution in [0.15, 0.2) is 18.2 Å². The molecule has 1 aromatic carbocycles. The Morgan fingerprint density at radius 1 is 1.30 bits per heavy atom. The summed E-state index contributed by atoms with van der Waals surface area (Å²) in [6, 6.07) is 3.99. The number of alkyl halides is 2. The molecular weight excluding hydrogens is 269 g/mol. The van der Waals surface area contributed by atoms with Crippen molar-refractivity contribution in [2.45, 2.75) is 18.9 Å². The van der Waals surface area contributed by atoms with Crippen LogP contribution in [0, 0.1) is 5.82 Å². The molecule has 1 aromatic rings. The van der Waals surface area contributed by atoms with Gasteiger partial charge in [-0.25, -0.2) is 13.2 Å². The van der Waals surface area contributed by atoms with E-state index >= 15 is 0 Å². The van der Waals surface area contributed by atoms with Gasteiger partial charge in [0.2, 0.25) is 6.43 Å². The number of hydrogen-bond donors (Lipinski definition) is 1. The van der Waals surface area contributed by atoms with E-state index in [0.29, 0.717) is 18.7 Å². The van der Waals surface area contributed by atoms with Gasteiger partial charge in [0.05, 0.1) is 7.11 Å². The van der Waals surface area contributed by atoms with Gasteiger partial charge in [0, 0.05) is 38.6 Å². The number of benzene rings is 1. The largest absolute Gasteiger partial charge is 0.494 e. The highest BCUT2D eigenvalue weighted by Gasteiger charge is 2.26. The quantitative estimate of drug-likeness (QED) is 0.900. The molecule has 1 fully saturated rings. The zero-order valence-electron chi connectivity index (χ0n) is 11.4. The third-order valence-corrected chi connectivity index (χ3v) is 3.55. The third kappa shape index (κ3) is 3.64. The van der Waals surface area contributed by atoms with E-state index < -0.39 is 18.3 Å². The molecule has 20 heavy (non-hydrogen) atoms. The Morgan fingerprint density at radius 3 is 2.55 bits per heavy atom. The second-order valence-corrected chi connectivity index (χ2v) is 4.82. The van der Waals surface area contributed by atoms with Crippen LogP contribution in [0.5, 0.6) is 5.75 Å². The Balaban J connectivity index is 2.22. The lowest BCUT2D eigenvalue weighted by Crippen LogP contribution is -2.45. The molecule has 6 heteroatoms. The summed E-state index contributed by atoms with van der Waals surface area (Å²) in [4.78, 5) is 1.98. The van der Waals surface area contributed by atoms with E-state index in [4.69, 9.17) is 4.74 Å². The lowest BCUT2D eigenvalue weighted by Gasteiger charge is -2.35. The fraction of sp³-hybridized carbons (Fsp3) is 0.571. The average molecular weight is 288 g/mol. The predicted octanol–water partition coefficient (Wildman–Crippen LogP) is 2.44. The van der Waals surface area contributed by atoms with Crippen LogP contribution in [0.3, 0.4) is 0 Å². The minimum absolute atomic E-state index is 0.129. The SMILES string of the molecule is COc1ccc([C@@H](CC(F)F)N2CCNCC2)cc1F. The number of ether oxygens (including phenoxy) is 1. The number of hydrogen-bond acceptors (Lipinski definition) is 3. The first-order valence-corrected chi connectivity index (χ1v) is 6.68. The smallest absolute Gasteiger partial charge is 0.240 e. The number of rotatable bonds is 5. The summed E-state index contributed by atoms with van der Waals surface area (Å²) in [6.07, 6.45) is -2.70. The van der Waals surface area contributed by atoms with Gasteiger partial charge >= 0.3 is 0 Å². The van der Waals surface area contributed by atoms with Crippen molar-refractivity contribution in [2.75, 3.05) is 33.3 Å². The van der Waals surface area contributed by atoms with E-state index in [-0.39, 0.29) is 12.2 Å². The Bertz CT molecular complexity index is 436. The number of halogens is 3. The molecule has 1 aliphatic rings. The maximum Gasteiger partial charge on any atom is 0.240 e. The summed E-state index contributed by atoms with van der Waals surface area (Å²) in [6.45, 7) is 2.90. The summed E-state index contributed by atoms with van der Waals surface area (Å²) >= 11 is 0. The lowest BCUT2D eigenvalue weighted by atomic mass is 10.0. The Hall–Kier alpha value is -1.27. The van der Waals surface area contributed by atoms with E-state index in [2.05, 4.69) is 5.32 Å². The summed E-state index contributed by atoms with van der Waals surface area (Å²) in [5, 5.41) is 3.18. The molecule has 1 heterocycles. The Kier molecular flexibility index (Phi) is 5.25. The van der Waals surface area contributed by atoms with Gasteiger partial charge < -0.3 is 10.1 Å². The number of piperazine rings is 1. The van der Waals surface area contributed by atoms with Gasteiger partial charge in [-0.2, -0.15) is 0 Å². The summed E-state index contributed by atoms with van der Waals surface area (Å²) in [5.41, 5.74) is 0.575. The summed E-state index contributed by atoms with van der Waals surface area (Å²) < 4.78 is 44.3. The molecule has 0 spiro atoms. The van der Waals surface area contributed by atoms with Gasteiger partial charge in [-0.15, -0.1) is 0 Å². The fourth-order valence-corrected chi connectivity index (χ4v) is 2.55. The van der Waals surface area contributed by atoms with Crippen molar-refractivity contribution in [1.29, 1.82) is 0 Å². The minimum Gasteiger partial charge on any atom is -0.494 e. The molecule has 1 atom stereocenters. The number of nitrogens with zero attached hydrogens (tertiary/aromatic N) is 1. The van der Waals surface area contributed by atoms with Gasteiger partial charge in [0.25, 0.3) is 0 Å². The van der Waals surface area contributed by atoms with E-state index in [1.807, 2.05) is 4.90 Å². The van der Waals surface area contributed by atoms with Gasteiger partial charge in [0.1, 0.15) is 0 Å². The molecule has 0 radical (unpaired) electrons. The summed E-state index contributed by atoms with van der Waals surface area (Å²) in [5.74, 6) is -0.385. The predicted molar refractivity (Wildman–Crippen MR) is 70.8 cm³/mol. The second kappa shape index (κ2) is 6.95. The normalized spacial score (nSPS) is 18.2. The molecule has 0 unspecified atom stereocenters. The van der Waals surface area contributed by atoms with E-state index in [9.17, 15) is 13.2 Å². The second-order valence-electron chi connectivity index (χ2n) is 4.82. The molecule has 0 amide bonds. The van der Waals surface area contributed by atoms with Crippen molar-refractivity contribution in [3.63, 3.8) is 0 Å². The van der Waals surface area contributed by atoms with Crippen LogP contribution < -0.4 is 10.1 Å². The molecule has 0 saturated carbocycles.